The van der Waals surface area contributed by atoms with Crippen LogP contribution in [0.3, 0.4) is 0 Å². The van der Waals surface area contributed by atoms with Crippen molar-refractivity contribution in [1.82, 2.24) is 14.2 Å². The van der Waals surface area contributed by atoms with Gasteiger partial charge in [0.1, 0.15) is 11.4 Å². The van der Waals surface area contributed by atoms with E-state index in [1.165, 1.54) is 16.4 Å². The van der Waals surface area contributed by atoms with Gasteiger partial charge in [-0.15, -0.1) is 0 Å². The van der Waals surface area contributed by atoms with Crippen LogP contribution in [-0.4, -0.2) is 83.3 Å². The minimum atomic E-state index is -3.60. The highest BCUT2D eigenvalue weighted by Crippen LogP contribution is 2.33. The Morgan fingerprint density at radius 2 is 1.78 bits per heavy atom. The number of piperazine rings is 1. The minimum Gasteiger partial charge on any atom is -0.475 e. The molecule has 11 nitrogen and oxygen atoms in total. The van der Waals surface area contributed by atoms with Crippen LogP contribution < -0.4 is 15.8 Å². The van der Waals surface area contributed by atoms with Crippen LogP contribution in [0.1, 0.15) is 76.5 Å². The Morgan fingerprint density at radius 1 is 1.08 bits per heavy atom. The van der Waals surface area contributed by atoms with Crippen LogP contribution in [0.5, 0.6) is 5.88 Å². The molecule has 3 heterocycles. The summed E-state index contributed by atoms with van der Waals surface area (Å²) in [4.78, 5) is 33.1. The lowest BCUT2D eigenvalue weighted by Crippen LogP contribution is -2.60. The number of anilines is 1. The van der Waals surface area contributed by atoms with Gasteiger partial charge in [-0.2, -0.15) is 4.31 Å². The van der Waals surface area contributed by atoms with Crippen molar-refractivity contribution in [3.05, 3.63) is 88.3 Å². The van der Waals surface area contributed by atoms with Gasteiger partial charge in [0.2, 0.25) is 21.8 Å². The number of amides is 2. The lowest BCUT2D eigenvalue weighted by Gasteiger charge is -2.44. The van der Waals surface area contributed by atoms with Crippen molar-refractivity contribution in [2.45, 2.75) is 96.1 Å². The first kappa shape index (κ1) is 38.5. The number of nitrogens with zero attached hydrogens (tertiary/aromatic N) is 3. The summed E-state index contributed by atoms with van der Waals surface area (Å²) in [6.07, 6.45) is 2.28. The van der Waals surface area contributed by atoms with E-state index in [0.717, 1.165) is 5.56 Å². The topological polar surface area (TPSA) is 144 Å². The average molecular weight is 744 g/mol. The number of fused-ring (bicyclic) bond motifs is 2. The highest BCUT2D eigenvalue weighted by molar-refractivity contribution is 7.89. The highest BCUT2D eigenvalue weighted by atomic mass is 35.5. The molecule has 5 unspecified atom stereocenters. The van der Waals surface area contributed by atoms with E-state index in [0.29, 0.717) is 29.3 Å². The average Bonchev–Trinajstić information content (AvgIpc) is 3.17. The van der Waals surface area contributed by atoms with E-state index in [9.17, 15) is 18.0 Å². The number of benzene rings is 2. The van der Waals surface area contributed by atoms with Crippen LogP contribution in [0, 0.1) is 5.82 Å². The number of hydrogen-bond donors (Lipinski definition) is 2. The fourth-order valence-electron chi connectivity index (χ4n) is 6.68. The largest absolute Gasteiger partial charge is 0.475 e. The first-order chi connectivity index (χ1) is 24.0. The predicted octanol–water partition coefficient (Wildman–Crippen LogP) is 6.11. The Bertz CT molecular complexity index is 1800. The van der Waals surface area contributed by atoms with Gasteiger partial charge in [-0.25, -0.2) is 22.6 Å². The molecule has 2 bridgehead atoms. The lowest BCUT2D eigenvalue weighted by molar-refractivity contribution is -0.117. The van der Waals surface area contributed by atoms with E-state index >= 15 is 4.39 Å². The number of carbonyl (C=O) groups excluding carboxylic acids is 2. The summed E-state index contributed by atoms with van der Waals surface area (Å²) < 4.78 is 55.0. The zero-order valence-corrected chi connectivity index (χ0v) is 31.2. The molecule has 0 saturated carbocycles. The summed E-state index contributed by atoms with van der Waals surface area (Å²) >= 11 is 6.16. The maximum Gasteiger partial charge on any atom is 0.410 e. The Labute approximate surface area is 304 Å². The highest BCUT2D eigenvalue weighted by Gasteiger charge is 2.44. The molecule has 276 valence electrons. The Morgan fingerprint density at radius 3 is 2.43 bits per heavy atom. The van der Waals surface area contributed by atoms with Crippen molar-refractivity contribution >= 4 is 39.3 Å². The van der Waals surface area contributed by atoms with Gasteiger partial charge in [0.25, 0.3) is 0 Å². The third-order valence-electron chi connectivity index (χ3n) is 9.04. The Kier molecular flexibility index (Phi) is 12.0. The Balaban J connectivity index is 1.38. The van der Waals surface area contributed by atoms with Crippen molar-refractivity contribution in [1.29, 1.82) is 0 Å². The summed E-state index contributed by atoms with van der Waals surface area (Å²) in [7, 11) is -3.60. The number of halogens is 2. The van der Waals surface area contributed by atoms with Gasteiger partial charge in [0.05, 0.1) is 17.9 Å². The van der Waals surface area contributed by atoms with Crippen molar-refractivity contribution in [2.75, 3.05) is 24.2 Å². The van der Waals surface area contributed by atoms with Gasteiger partial charge in [0, 0.05) is 59.6 Å². The number of pyridine rings is 1. The number of rotatable bonds is 10. The molecule has 2 fully saturated rings. The molecule has 5 atom stereocenters. The maximum absolute atomic E-state index is 15.5. The second-order valence-corrected chi connectivity index (χ2v) is 16.9. The van der Waals surface area contributed by atoms with Crippen molar-refractivity contribution in [3.8, 4) is 5.88 Å². The molecule has 2 aliphatic rings. The molecular formula is C37H47ClFN5O6S. The summed E-state index contributed by atoms with van der Waals surface area (Å²) in [5.74, 6) is -1.35. The van der Waals surface area contributed by atoms with Crippen LogP contribution in [-0.2, 0) is 26.0 Å². The van der Waals surface area contributed by atoms with Crippen molar-refractivity contribution in [2.24, 2.45) is 5.73 Å². The van der Waals surface area contributed by atoms with Gasteiger partial charge in [0.15, 0.2) is 0 Å². The summed E-state index contributed by atoms with van der Waals surface area (Å²) in [6, 6.07) is 12.8. The second kappa shape index (κ2) is 15.9. The summed E-state index contributed by atoms with van der Waals surface area (Å²) in [5.41, 5.74) is 7.77. The first-order valence-corrected chi connectivity index (χ1v) is 19.2. The third-order valence-corrected chi connectivity index (χ3v) is 11.3. The van der Waals surface area contributed by atoms with E-state index in [1.54, 1.807) is 74.3 Å². The normalized spacial score (nSPS) is 21.4. The van der Waals surface area contributed by atoms with Crippen LogP contribution in [0.25, 0.3) is 0 Å². The second-order valence-electron chi connectivity index (χ2n) is 14.4. The van der Waals surface area contributed by atoms with Gasteiger partial charge in [-0.1, -0.05) is 35.9 Å². The van der Waals surface area contributed by atoms with E-state index in [-0.39, 0.29) is 55.1 Å². The zero-order chi connectivity index (χ0) is 37.1. The maximum atomic E-state index is 15.5. The quantitative estimate of drug-likeness (QED) is 0.254. The summed E-state index contributed by atoms with van der Waals surface area (Å²) in [5, 5.41) is 3.36. The molecule has 1 aromatic heterocycles. The number of sulfonamides is 1. The fraction of sp³-hybridized carbons (Fsp3) is 0.486. The Hall–Kier alpha value is -3.78. The zero-order valence-electron chi connectivity index (χ0n) is 29.6. The van der Waals surface area contributed by atoms with Crippen LogP contribution in [0.4, 0.5) is 14.9 Å². The molecule has 2 amide bonds. The van der Waals surface area contributed by atoms with E-state index in [1.807, 2.05) is 13.8 Å². The number of hydrogen-bond acceptors (Lipinski definition) is 8. The molecule has 2 saturated heterocycles. The standard InChI is InChI=1S/C37H47ClFN5O6S/c1-23(2)49-32-18-13-25(20-41-32)33(24-11-14-26(38)15-12-24)34(40)35(45)42-31-10-6-9-30(39)29(31)17-16-28-21-43(36(46)50-37(3,4)5)27-8-7-19-51(47,48)44(28)22-27/h6,9-15,18,20,23,27-28,33-34H,7-8,16-17,19,21-22,40H2,1-5H3,(H,42,45). The molecule has 14 heteroatoms. The lowest BCUT2D eigenvalue weighted by atomic mass is 9.85. The summed E-state index contributed by atoms with van der Waals surface area (Å²) in [6.45, 7) is 9.39. The molecule has 3 aromatic rings. The molecular weight excluding hydrogens is 697 g/mol. The number of nitrogens with one attached hydrogen (secondary N) is 1. The van der Waals surface area contributed by atoms with Crippen LogP contribution in [0.15, 0.2) is 60.8 Å². The number of nitrogens with two attached hydrogens (primary N) is 1. The third kappa shape index (κ3) is 9.56. The molecule has 0 spiro atoms. The molecule has 5 rings (SSSR count). The van der Waals surface area contributed by atoms with Gasteiger partial charge < -0.3 is 25.4 Å². The number of ether oxygens (including phenoxy) is 2. The molecule has 3 N–H and O–H groups in total. The van der Waals surface area contributed by atoms with Crippen molar-refractivity contribution < 1.29 is 31.9 Å². The SMILES string of the molecule is CC(C)Oc1ccc(C(c2ccc(Cl)cc2)C(N)C(=O)Nc2cccc(F)c2CCC2CN(C(=O)OC(C)(C)C)C3CCCS(=O)(=O)N2C3)cn1. The van der Waals surface area contributed by atoms with Crippen LogP contribution >= 0.6 is 11.6 Å². The predicted molar refractivity (Wildman–Crippen MR) is 195 cm³/mol. The smallest absolute Gasteiger partial charge is 0.410 e. The van der Waals surface area contributed by atoms with Gasteiger partial charge >= 0.3 is 6.09 Å². The minimum absolute atomic E-state index is 0.0289. The molecule has 2 aliphatic heterocycles. The van der Waals surface area contributed by atoms with E-state index < -0.39 is 51.4 Å². The monoisotopic (exact) mass is 743 g/mol. The van der Waals surface area contributed by atoms with E-state index in [2.05, 4.69) is 10.3 Å². The number of carbonyl (C=O) groups is 2. The van der Waals surface area contributed by atoms with Crippen molar-refractivity contribution in [3.63, 3.8) is 0 Å². The van der Waals surface area contributed by atoms with Gasteiger partial charge in [-0.3, -0.25) is 4.79 Å². The van der Waals surface area contributed by atoms with Crippen LogP contribution in [0.2, 0.25) is 5.02 Å². The molecule has 51 heavy (non-hydrogen) atoms. The first-order valence-electron chi connectivity index (χ1n) is 17.2. The molecule has 2 aromatic carbocycles. The molecule has 0 aliphatic carbocycles. The fourth-order valence-corrected chi connectivity index (χ4v) is 8.60. The van der Waals surface area contributed by atoms with E-state index in [4.69, 9.17) is 26.8 Å². The number of aromatic nitrogens is 1. The van der Waals surface area contributed by atoms with Gasteiger partial charge in [-0.05, 0) is 95.7 Å². The molecule has 0 radical (unpaired) electrons.